The van der Waals surface area contributed by atoms with E-state index in [1.165, 1.54) is 12.8 Å². The highest BCUT2D eigenvalue weighted by Gasteiger charge is 2.15. The number of para-hydroxylation sites is 1. The predicted octanol–water partition coefficient (Wildman–Crippen LogP) is 2.58. The molecule has 0 atom stereocenters. The van der Waals surface area contributed by atoms with Gasteiger partial charge in [-0.2, -0.15) is 0 Å². The summed E-state index contributed by atoms with van der Waals surface area (Å²) in [7, 11) is 0. The van der Waals surface area contributed by atoms with Crippen molar-refractivity contribution in [3.8, 4) is 0 Å². The molecule has 0 saturated carbocycles. The minimum atomic E-state index is -0.0298. The molecule has 1 aliphatic heterocycles. The maximum Gasteiger partial charge on any atom is 0.261 e. The fourth-order valence-electron chi connectivity index (χ4n) is 3.14. The third-order valence-corrected chi connectivity index (χ3v) is 4.48. The zero-order valence-electron chi connectivity index (χ0n) is 13.4. The second kappa shape index (κ2) is 7.40. The molecule has 1 aliphatic rings. The van der Waals surface area contributed by atoms with Crippen LogP contribution in [0, 0.1) is 0 Å². The Morgan fingerprint density at radius 3 is 2.61 bits per heavy atom. The summed E-state index contributed by atoms with van der Waals surface area (Å²) in [6, 6.07) is 7.35. The number of aryl methyl sites for hydroxylation is 1. The van der Waals surface area contributed by atoms with Gasteiger partial charge in [0.2, 0.25) is 5.91 Å². The minimum Gasteiger partial charge on any atom is -0.343 e. The van der Waals surface area contributed by atoms with E-state index in [0.717, 1.165) is 31.4 Å². The number of amides is 1. The Morgan fingerprint density at radius 2 is 1.83 bits per heavy atom. The molecule has 0 bridgehead atoms. The molecule has 23 heavy (non-hydrogen) atoms. The molecule has 2 aromatic rings. The van der Waals surface area contributed by atoms with E-state index in [0.29, 0.717) is 24.8 Å². The molecule has 122 valence electrons. The fraction of sp³-hybridized carbons (Fsp3) is 0.500. The molecule has 1 fully saturated rings. The third kappa shape index (κ3) is 3.78. The molecule has 0 unspecified atom stereocenters. The summed E-state index contributed by atoms with van der Waals surface area (Å²) < 4.78 is 1.61. The lowest BCUT2D eigenvalue weighted by Gasteiger charge is -2.20. The first kappa shape index (κ1) is 15.7. The topological polar surface area (TPSA) is 55.2 Å². The molecule has 0 aliphatic carbocycles. The van der Waals surface area contributed by atoms with Gasteiger partial charge in [0.05, 0.1) is 17.2 Å². The van der Waals surface area contributed by atoms with Crippen LogP contribution < -0.4 is 5.56 Å². The molecule has 0 spiro atoms. The lowest BCUT2D eigenvalue weighted by Crippen LogP contribution is -2.32. The summed E-state index contributed by atoms with van der Waals surface area (Å²) in [5.41, 5.74) is 0.687. The summed E-state index contributed by atoms with van der Waals surface area (Å²) >= 11 is 0. The predicted molar refractivity (Wildman–Crippen MR) is 90.3 cm³/mol. The summed E-state index contributed by atoms with van der Waals surface area (Å²) in [6.45, 7) is 2.31. The molecule has 3 rings (SSSR count). The smallest absolute Gasteiger partial charge is 0.261 e. The summed E-state index contributed by atoms with van der Waals surface area (Å²) in [5.74, 6) is 0.216. The molecule has 5 heteroatoms. The van der Waals surface area contributed by atoms with Crippen molar-refractivity contribution in [3.63, 3.8) is 0 Å². The lowest BCUT2D eigenvalue weighted by molar-refractivity contribution is -0.131. The quantitative estimate of drug-likeness (QED) is 0.872. The molecule has 1 aromatic heterocycles. The Labute approximate surface area is 135 Å². The van der Waals surface area contributed by atoms with Crippen molar-refractivity contribution in [2.24, 2.45) is 0 Å². The van der Waals surface area contributed by atoms with Crippen LogP contribution in [0.25, 0.3) is 10.9 Å². The second-order valence-corrected chi connectivity index (χ2v) is 6.16. The van der Waals surface area contributed by atoms with Gasteiger partial charge in [-0.15, -0.1) is 0 Å². The molecule has 0 radical (unpaired) electrons. The number of hydrogen-bond acceptors (Lipinski definition) is 3. The van der Waals surface area contributed by atoms with Gasteiger partial charge in [0.25, 0.3) is 5.56 Å². The number of aromatic nitrogens is 2. The number of fused-ring (bicyclic) bond motifs is 1. The van der Waals surface area contributed by atoms with Crippen molar-refractivity contribution in [2.45, 2.75) is 45.1 Å². The van der Waals surface area contributed by atoms with Gasteiger partial charge in [0.15, 0.2) is 0 Å². The van der Waals surface area contributed by atoms with E-state index >= 15 is 0 Å². The highest BCUT2D eigenvalue weighted by molar-refractivity contribution is 5.77. The number of carbonyl (C=O) groups is 1. The average molecular weight is 313 g/mol. The van der Waals surface area contributed by atoms with Crippen molar-refractivity contribution < 1.29 is 4.79 Å². The number of benzene rings is 1. The van der Waals surface area contributed by atoms with Crippen LogP contribution >= 0.6 is 0 Å². The van der Waals surface area contributed by atoms with Crippen molar-refractivity contribution >= 4 is 16.8 Å². The van der Waals surface area contributed by atoms with Gasteiger partial charge < -0.3 is 4.90 Å². The minimum absolute atomic E-state index is 0.0298. The standard InChI is InChI=1S/C18H23N3O2/c22-17(20-11-5-1-2-6-12-20)10-7-13-21-14-19-16-9-4-3-8-15(16)18(21)23/h3-4,8-9,14H,1-2,5-7,10-13H2. The second-order valence-electron chi connectivity index (χ2n) is 6.16. The Balaban J connectivity index is 1.59. The largest absolute Gasteiger partial charge is 0.343 e. The zero-order valence-corrected chi connectivity index (χ0v) is 13.4. The van der Waals surface area contributed by atoms with Crippen LogP contribution in [-0.4, -0.2) is 33.4 Å². The van der Waals surface area contributed by atoms with Crippen LogP contribution in [0.2, 0.25) is 0 Å². The lowest BCUT2D eigenvalue weighted by atomic mass is 10.2. The van der Waals surface area contributed by atoms with E-state index in [4.69, 9.17) is 0 Å². The van der Waals surface area contributed by atoms with Crippen LogP contribution in [0.3, 0.4) is 0 Å². The fourth-order valence-corrected chi connectivity index (χ4v) is 3.14. The summed E-state index contributed by atoms with van der Waals surface area (Å²) in [4.78, 5) is 30.9. The molecule has 1 amide bonds. The van der Waals surface area contributed by atoms with Crippen LogP contribution in [-0.2, 0) is 11.3 Å². The zero-order chi connectivity index (χ0) is 16.1. The number of carbonyl (C=O) groups excluding carboxylic acids is 1. The Morgan fingerprint density at radius 1 is 1.09 bits per heavy atom. The molecule has 5 nitrogen and oxygen atoms in total. The van der Waals surface area contributed by atoms with Crippen molar-refractivity contribution in [1.29, 1.82) is 0 Å². The first-order valence-electron chi connectivity index (χ1n) is 8.48. The number of nitrogens with zero attached hydrogens (tertiary/aromatic N) is 3. The van der Waals surface area contributed by atoms with Gasteiger partial charge in [0, 0.05) is 26.1 Å². The highest BCUT2D eigenvalue weighted by atomic mass is 16.2. The van der Waals surface area contributed by atoms with Crippen molar-refractivity contribution in [3.05, 3.63) is 40.9 Å². The van der Waals surface area contributed by atoms with Crippen LogP contribution in [0.1, 0.15) is 38.5 Å². The van der Waals surface area contributed by atoms with Crippen molar-refractivity contribution in [2.75, 3.05) is 13.1 Å². The van der Waals surface area contributed by atoms with Crippen molar-refractivity contribution in [1.82, 2.24) is 14.5 Å². The van der Waals surface area contributed by atoms with Gasteiger partial charge in [-0.1, -0.05) is 25.0 Å². The van der Waals surface area contributed by atoms with Gasteiger partial charge >= 0.3 is 0 Å². The highest BCUT2D eigenvalue weighted by Crippen LogP contribution is 2.11. The Bertz CT molecular complexity index is 730. The molecule has 1 aromatic carbocycles. The molecular formula is C18H23N3O2. The molecular weight excluding hydrogens is 290 g/mol. The van der Waals surface area contributed by atoms with Gasteiger partial charge in [0.1, 0.15) is 0 Å². The number of hydrogen-bond donors (Lipinski definition) is 0. The van der Waals surface area contributed by atoms with Gasteiger partial charge in [-0.3, -0.25) is 14.2 Å². The summed E-state index contributed by atoms with van der Waals surface area (Å²) in [6.07, 6.45) is 7.43. The van der Waals surface area contributed by atoms with E-state index in [1.54, 1.807) is 17.0 Å². The SMILES string of the molecule is O=C(CCCn1cnc2ccccc2c1=O)N1CCCCCC1. The molecule has 1 saturated heterocycles. The third-order valence-electron chi connectivity index (χ3n) is 4.48. The molecule has 2 heterocycles. The Hall–Kier alpha value is -2.17. The molecule has 0 N–H and O–H groups in total. The van der Waals surface area contributed by atoms with Gasteiger partial charge in [-0.05, 0) is 31.4 Å². The van der Waals surface area contributed by atoms with E-state index in [9.17, 15) is 9.59 Å². The maximum atomic E-state index is 12.4. The normalized spacial score (nSPS) is 15.6. The van der Waals surface area contributed by atoms with E-state index < -0.39 is 0 Å². The van der Waals surface area contributed by atoms with Crippen LogP contribution in [0.5, 0.6) is 0 Å². The average Bonchev–Trinajstić information content (AvgIpc) is 2.86. The first-order chi connectivity index (χ1) is 11.3. The Kier molecular flexibility index (Phi) is 5.05. The van der Waals surface area contributed by atoms with Gasteiger partial charge in [-0.25, -0.2) is 4.98 Å². The van der Waals surface area contributed by atoms with Crippen LogP contribution in [0.4, 0.5) is 0 Å². The van der Waals surface area contributed by atoms with E-state index in [2.05, 4.69) is 4.98 Å². The monoisotopic (exact) mass is 313 g/mol. The number of rotatable bonds is 4. The summed E-state index contributed by atoms with van der Waals surface area (Å²) in [5, 5.41) is 0.633. The van der Waals surface area contributed by atoms with E-state index in [1.807, 2.05) is 23.1 Å². The van der Waals surface area contributed by atoms with E-state index in [-0.39, 0.29) is 11.5 Å². The first-order valence-corrected chi connectivity index (χ1v) is 8.48. The maximum absolute atomic E-state index is 12.4. The number of likely N-dealkylation sites (tertiary alicyclic amines) is 1. The van der Waals surface area contributed by atoms with Crippen LogP contribution in [0.15, 0.2) is 35.4 Å².